The van der Waals surface area contributed by atoms with E-state index in [0.717, 1.165) is 5.56 Å². The Hall–Kier alpha value is -2.08. The molecule has 1 aromatic rings. The first kappa shape index (κ1) is 16.0. The van der Waals surface area contributed by atoms with Crippen molar-refractivity contribution in [2.24, 2.45) is 5.73 Å². The summed E-state index contributed by atoms with van der Waals surface area (Å²) in [5, 5.41) is 1.42. The van der Waals surface area contributed by atoms with Crippen molar-refractivity contribution in [3.05, 3.63) is 35.9 Å². The molecule has 0 aliphatic rings. The molecule has 1 aromatic carbocycles. The lowest BCUT2D eigenvalue weighted by Crippen LogP contribution is -2.47. The van der Waals surface area contributed by atoms with Crippen LogP contribution < -0.4 is 11.2 Å². The maximum Gasteiger partial charge on any atom is 0.422 e. The highest BCUT2D eigenvalue weighted by atomic mass is 16.6. The number of nitrogens with one attached hydrogen (secondary N) is 1. The fourth-order valence-corrected chi connectivity index (χ4v) is 1.56. The fourth-order valence-electron chi connectivity index (χ4n) is 1.56. The SMILES string of the molecule is CC(C)(C)OC(=O)NN(CC(N)=O)Cc1ccccc1. The van der Waals surface area contributed by atoms with Crippen molar-refractivity contribution in [1.29, 1.82) is 0 Å². The fraction of sp³-hybridized carbons (Fsp3) is 0.429. The van der Waals surface area contributed by atoms with Gasteiger partial charge in [0.05, 0.1) is 6.54 Å². The molecule has 0 aromatic heterocycles. The van der Waals surface area contributed by atoms with E-state index >= 15 is 0 Å². The molecule has 0 saturated carbocycles. The Kier molecular flexibility index (Phi) is 5.52. The molecule has 0 fully saturated rings. The second kappa shape index (κ2) is 6.91. The Morgan fingerprint density at radius 1 is 1.25 bits per heavy atom. The van der Waals surface area contributed by atoms with Gasteiger partial charge in [-0.2, -0.15) is 0 Å². The third-order valence-electron chi connectivity index (χ3n) is 2.21. The van der Waals surface area contributed by atoms with E-state index in [2.05, 4.69) is 5.43 Å². The summed E-state index contributed by atoms with van der Waals surface area (Å²) in [6.07, 6.45) is -0.616. The first-order chi connectivity index (χ1) is 9.26. The van der Waals surface area contributed by atoms with E-state index in [-0.39, 0.29) is 6.54 Å². The van der Waals surface area contributed by atoms with Gasteiger partial charge in [0.15, 0.2) is 0 Å². The highest BCUT2D eigenvalue weighted by Crippen LogP contribution is 2.07. The minimum absolute atomic E-state index is 0.0891. The molecule has 0 atom stereocenters. The molecule has 0 bridgehead atoms. The lowest BCUT2D eigenvalue weighted by molar-refractivity contribution is -0.119. The molecule has 0 saturated heterocycles. The number of primary amides is 1. The van der Waals surface area contributed by atoms with Gasteiger partial charge in [0.2, 0.25) is 5.91 Å². The molecule has 6 nitrogen and oxygen atoms in total. The van der Waals surface area contributed by atoms with E-state index in [1.165, 1.54) is 5.01 Å². The Bertz CT molecular complexity index is 454. The second-order valence-corrected chi connectivity index (χ2v) is 5.42. The number of rotatable bonds is 5. The quantitative estimate of drug-likeness (QED) is 0.798. The van der Waals surface area contributed by atoms with Crippen LogP contribution in [-0.2, 0) is 16.1 Å². The summed E-state index contributed by atoms with van der Waals surface area (Å²) >= 11 is 0. The molecule has 1 rings (SSSR count). The molecule has 2 amide bonds. The third kappa shape index (κ3) is 6.75. The van der Waals surface area contributed by atoms with E-state index in [0.29, 0.717) is 6.54 Å². The summed E-state index contributed by atoms with van der Waals surface area (Å²) < 4.78 is 5.14. The summed E-state index contributed by atoms with van der Waals surface area (Å²) in [5.74, 6) is -0.531. The van der Waals surface area contributed by atoms with Crippen LogP contribution in [0.15, 0.2) is 30.3 Å². The van der Waals surface area contributed by atoms with Crippen LogP contribution in [0, 0.1) is 0 Å². The average Bonchev–Trinajstić information content (AvgIpc) is 2.26. The van der Waals surface area contributed by atoms with Gasteiger partial charge in [0.25, 0.3) is 0 Å². The van der Waals surface area contributed by atoms with Crippen LogP contribution in [0.5, 0.6) is 0 Å². The first-order valence-corrected chi connectivity index (χ1v) is 6.33. The van der Waals surface area contributed by atoms with E-state index in [9.17, 15) is 9.59 Å². The van der Waals surface area contributed by atoms with E-state index < -0.39 is 17.6 Å². The molecule has 20 heavy (non-hydrogen) atoms. The molecule has 110 valence electrons. The van der Waals surface area contributed by atoms with Crippen LogP contribution in [0.2, 0.25) is 0 Å². The largest absolute Gasteiger partial charge is 0.443 e. The summed E-state index contributed by atoms with van der Waals surface area (Å²) in [4.78, 5) is 22.8. The Morgan fingerprint density at radius 2 is 1.85 bits per heavy atom. The number of benzene rings is 1. The van der Waals surface area contributed by atoms with Crippen molar-refractivity contribution in [1.82, 2.24) is 10.4 Å². The predicted molar refractivity (Wildman–Crippen MR) is 75.4 cm³/mol. The van der Waals surface area contributed by atoms with Crippen LogP contribution in [0.1, 0.15) is 26.3 Å². The van der Waals surface area contributed by atoms with Crippen molar-refractivity contribution in [3.63, 3.8) is 0 Å². The first-order valence-electron chi connectivity index (χ1n) is 6.33. The number of nitrogens with two attached hydrogens (primary N) is 1. The zero-order valence-corrected chi connectivity index (χ0v) is 12.1. The lowest BCUT2D eigenvalue weighted by Gasteiger charge is -2.25. The van der Waals surface area contributed by atoms with Gasteiger partial charge in [-0.25, -0.2) is 9.80 Å². The number of nitrogens with zero attached hydrogens (tertiary/aromatic N) is 1. The summed E-state index contributed by atoms with van der Waals surface area (Å²) in [6, 6.07) is 9.44. The highest BCUT2D eigenvalue weighted by Gasteiger charge is 2.19. The molecule has 0 aliphatic heterocycles. The van der Waals surface area contributed by atoms with Gasteiger partial charge in [0, 0.05) is 6.54 Å². The normalized spacial score (nSPS) is 11.2. The summed E-state index contributed by atoms with van der Waals surface area (Å²) in [6.45, 7) is 5.57. The zero-order valence-electron chi connectivity index (χ0n) is 12.1. The molecular formula is C14H21N3O3. The highest BCUT2D eigenvalue weighted by molar-refractivity contribution is 5.76. The van der Waals surface area contributed by atoms with E-state index in [1.54, 1.807) is 20.8 Å². The van der Waals surface area contributed by atoms with Crippen molar-refractivity contribution < 1.29 is 14.3 Å². The monoisotopic (exact) mass is 279 g/mol. The van der Waals surface area contributed by atoms with Gasteiger partial charge in [0.1, 0.15) is 5.60 Å². The van der Waals surface area contributed by atoms with Gasteiger partial charge < -0.3 is 10.5 Å². The number of carbonyl (C=O) groups excluding carboxylic acids is 2. The van der Waals surface area contributed by atoms with Crippen LogP contribution in [0.25, 0.3) is 0 Å². The van der Waals surface area contributed by atoms with Gasteiger partial charge >= 0.3 is 6.09 Å². The summed E-state index contributed by atoms with van der Waals surface area (Å²) in [7, 11) is 0. The topological polar surface area (TPSA) is 84.7 Å². The number of amides is 2. The molecular weight excluding hydrogens is 258 g/mol. The molecule has 0 aliphatic carbocycles. The molecule has 0 heterocycles. The maximum absolute atomic E-state index is 11.7. The number of ether oxygens (including phenoxy) is 1. The van der Waals surface area contributed by atoms with Gasteiger partial charge in [-0.05, 0) is 26.3 Å². The van der Waals surface area contributed by atoms with Crippen LogP contribution in [0.4, 0.5) is 4.79 Å². The minimum atomic E-state index is -0.616. The summed E-state index contributed by atoms with van der Waals surface area (Å²) in [5.41, 5.74) is 8.05. The Balaban J connectivity index is 2.65. The smallest absolute Gasteiger partial charge is 0.422 e. The van der Waals surface area contributed by atoms with Crippen LogP contribution >= 0.6 is 0 Å². The maximum atomic E-state index is 11.7. The van der Waals surface area contributed by atoms with Crippen LogP contribution in [0.3, 0.4) is 0 Å². The van der Waals surface area contributed by atoms with Crippen molar-refractivity contribution in [3.8, 4) is 0 Å². The molecule has 0 unspecified atom stereocenters. The number of hydrogen-bond acceptors (Lipinski definition) is 4. The van der Waals surface area contributed by atoms with E-state index in [1.807, 2.05) is 30.3 Å². The molecule has 0 radical (unpaired) electrons. The van der Waals surface area contributed by atoms with Crippen molar-refractivity contribution in [2.75, 3.05) is 6.54 Å². The predicted octanol–water partition coefficient (Wildman–Crippen LogP) is 1.41. The number of carbonyl (C=O) groups is 2. The van der Waals surface area contributed by atoms with Gasteiger partial charge in [-0.1, -0.05) is 30.3 Å². The average molecular weight is 279 g/mol. The number of hydrazine groups is 1. The standard InChI is InChI=1S/C14H21N3O3/c1-14(2,3)20-13(19)16-17(10-12(15)18)9-11-7-5-4-6-8-11/h4-8H,9-10H2,1-3H3,(H2,15,18)(H,16,19). The van der Waals surface area contributed by atoms with Gasteiger partial charge in [-0.3, -0.25) is 10.2 Å². The Labute approximate surface area is 118 Å². The number of hydrogen-bond donors (Lipinski definition) is 2. The molecule has 0 spiro atoms. The third-order valence-corrected chi connectivity index (χ3v) is 2.21. The van der Waals surface area contributed by atoms with Crippen molar-refractivity contribution >= 4 is 12.0 Å². The Morgan fingerprint density at radius 3 is 2.35 bits per heavy atom. The molecule has 3 N–H and O–H groups in total. The van der Waals surface area contributed by atoms with E-state index in [4.69, 9.17) is 10.5 Å². The molecule has 6 heteroatoms. The van der Waals surface area contributed by atoms with Crippen LogP contribution in [-0.4, -0.2) is 29.2 Å². The van der Waals surface area contributed by atoms with Crippen molar-refractivity contribution in [2.45, 2.75) is 32.9 Å². The van der Waals surface area contributed by atoms with Gasteiger partial charge in [-0.15, -0.1) is 0 Å². The zero-order chi connectivity index (χ0) is 15.2. The lowest BCUT2D eigenvalue weighted by atomic mass is 10.2. The second-order valence-electron chi connectivity index (χ2n) is 5.42. The minimum Gasteiger partial charge on any atom is -0.443 e.